The number of rotatable bonds is 9. The zero-order chi connectivity index (χ0) is 20.4. The van der Waals surface area contributed by atoms with E-state index in [-0.39, 0.29) is 24.3 Å². The van der Waals surface area contributed by atoms with Gasteiger partial charge in [0.05, 0.1) is 6.54 Å². The highest BCUT2D eigenvalue weighted by molar-refractivity contribution is 5.79. The third kappa shape index (κ3) is 7.36. The summed E-state index contributed by atoms with van der Waals surface area (Å²) in [7, 11) is 0. The van der Waals surface area contributed by atoms with Gasteiger partial charge in [0.1, 0.15) is 6.10 Å². The molecule has 0 radical (unpaired) electrons. The van der Waals surface area contributed by atoms with Crippen molar-refractivity contribution in [3.63, 3.8) is 0 Å². The average molecular weight is 376 g/mol. The Bertz CT molecular complexity index is 562. The van der Waals surface area contributed by atoms with Crippen molar-refractivity contribution in [2.75, 3.05) is 6.54 Å². The van der Waals surface area contributed by atoms with Crippen LogP contribution in [0, 0.1) is 23.7 Å². The molecule has 0 heterocycles. The van der Waals surface area contributed by atoms with Gasteiger partial charge in [0, 0.05) is 12.3 Å². The first-order valence-corrected chi connectivity index (χ1v) is 10.3. The Kier molecular flexibility index (Phi) is 10.1. The van der Waals surface area contributed by atoms with Crippen molar-refractivity contribution >= 4 is 11.9 Å². The van der Waals surface area contributed by atoms with E-state index >= 15 is 0 Å². The maximum absolute atomic E-state index is 12.9. The normalized spacial score (nSPS) is 24.7. The molecule has 4 nitrogen and oxygen atoms in total. The average Bonchev–Trinajstić information content (AvgIpc) is 2.65. The number of hydrogen-bond donors (Lipinski definition) is 1. The number of allylic oxidation sites excluding steroid dienone is 3. The van der Waals surface area contributed by atoms with E-state index in [0.29, 0.717) is 24.2 Å². The summed E-state index contributed by atoms with van der Waals surface area (Å²) in [5.74, 6) is 1.29. The second-order valence-corrected chi connectivity index (χ2v) is 7.91. The Morgan fingerprint density at radius 1 is 1.30 bits per heavy atom. The van der Waals surface area contributed by atoms with E-state index < -0.39 is 6.10 Å². The minimum absolute atomic E-state index is 0.0305. The molecule has 0 bridgehead atoms. The summed E-state index contributed by atoms with van der Waals surface area (Å²) in [5.41, 5.74) is 0.785. The van der Waals surface area contributed by atoms with Crippen molar-refractivity contribution < 1.29 is 14.3 Å². The molecule has 0 aliphatic heterocycles. The smallest absolute Gasteiger partial charge is 0.306 e. The van der Waals surface area contributed by atoms with Gasteiger partial charge in [-0.2, -0.15) is 0 Å². The minimum atomic E-state index is -0.520. The van der Waals surface area contributed by atoms with Crippen molar-refractivity contribution in [1.82, 2.24) is 5.32 Å². The summed E-state index contributed by atoms with van der Waals surface area (Å²) in [6, 6.07) is 0. The Labute approximate surface area is 165 Å². The van der Waals surface area contributed by atoms with Crippen molar-refractivity contribution in [3.8, 4) is 0 Å². The van der Waals surface area contributed by atoms with Gasteiger partial charge in [-0.3, -0.25) is 9.59 Å². The number of esters is 1. The topological polar surface area (TPSA) is 55.4 Å². The van der Waals surface area contributed by atoms with Crippen molar-refractivity contribution in [2.24, 2.45) is 23.7 Å². The van der Waals surface area contributed by atoms with Gasteiger partial charge in [-0.15, -0.1) is 0 Å². The second kappa shape index (κ2) is 11.8. The van der Waals surface area contributed by atoms with Crippen LogP contribution in [0.4, 0.5) is 0 Å². The summed E-state index contributed by atoms with van der Waals surface area (Å²) < 4.78 is 5.56. The molecular weight excluding hydrogens is 338 g/mol. The summed E-state index contributed by atoms with van der Waals surface area (Å²) in [4.78, 5) is 24.8. The molecule has 152 valence electrons. The summed E-state index contributed by atoms with van der Waals surface area (Å²) in [5, 5.41) is 3.05. The van der Waals surface area contributed by atoms with Gasteiger partial charge in [0.2, 0.25) is 5.91 Å². The molecule has 3 unspecified atom stereocenters. The number of amides is 1. The maximum atomic E-state index is 12.9. The molecule has 0 aromatic rings. The fourth-order valence-corrected chi connectivity index (χ4v) is 3.81. The van der Waals surface area contributed by atoms with Crippen LogP contribution in [0.25, 0.3) is 0 Å². The van der Waals surface area contributed by atoms with Crippen LogP contribution >= 0.6 is 0 Å². The molecule has 1 aliphatic rings. The van der Waals surface area contributed by atoms with E-state index in [9.17, 15) is 9.59 Å². The zero-order valence-electron chi connectivity index (χ0n) is 17.7. The molecule has 0 aromatic heterocycles. The number of carbonyl (C=O) groups excluding carboxylic acids is 2. The quantitative estimate of drug-likeness (QED) is 0.464. The zero-order valence-corrected chi connectivity index (χ0v) is 17.7. The third-order valence-corrected chi connectivity index (χ3v) is 5.47. The van der Waals surface area contributed by atoms with Gasteiger partial charge in [0.25, 0.3) is 0 Å². The molecule has 0 spiro atoms. The van der Waals surface area contributed by atoms with Gasteiger partial charge in [-0.25, -0.2) is 0 Å². The van der Waals surface area contributed by atoms with E-state index in [0.717, 1.165) is 18.4 Å². The molecule has 27 heavy (non-hydrogen) atoms. The fraction of sp³-hybridized carbons (Fsp3) is 0.652. The van der Waals surface area contributed by atoms with E-state index in [1.54, 1.807) is 13.0 Å². The van der Waals surface area contributed by atoms with Gasteiger partial charge in [-0.1, -0.05) is 65.0 Å². The largest absolute Gasteiger partial charge is 0.456 e. The Balaban J connectivity index is 2.86. The number of carbonyl (C=O) groups is 2. The van der Waals surface area contributed by atoms with Gasteiger partial charge in [-0.05, 0) is 43.1 Å². The molecule has 4 atom stereocenters. The molecular formula is C23H37NO3. The molecule has 1 fully saturated rings. The van der Waals surface area contributed by atoms with Gasteiger partial charge in [0.15, 0.2) is 0 Å². The Hall–Kier alpha value is -1.84. The molecule has 1 rings (SSSR count). The minimum Gasteiger partial charge on any atom is -0.456 e. The standard InChI is InChI=1S/C23H37NO3/c1-7-10-11-18(8-2)21(27-22(25)9-3)15-24-23(26)20-14-17(6)12-13-19(20)16(4)5/h7-8,10-11,16-17,19-21H,2,9,12-15H2,1,3-6H3,(H,24,26)/b10-7-,18-11+/t17?,19-,20?,21?/m0/s1. The lowest BCUT2D eigenvalue weighted by atomic mass is 9.70. The van der Waals surface area contributed by atoms with E-state index in [1.807, 2.05) is 25.2 Å². The SMILES string of the molecule is C=C/C(=C\C=C/C)C(CNC(=O)C1CC(C)CC[C@H]1C(C)C)OC(=O)CC. The van der Waals surface area contributed by atoms with Crippen molar-refractivity contribution in [2.45, 2.75) is 66.4 Å². The van der Waals surface area contributed by atoms with E-state index in [2.05, 4.69) is 32.7 Å². The third-order valence-electron chi connectivity index (χ3n) is 5.47. The second-order valence-electron chi connectivity index (χ2n) is 7.91. The van der Waals surface area contributed by atoms with Crippen molar-refractivity contribution in [3.05, 3.63) is 36.5 Å². The lowest BCUT2D eigenvalue weighted by molar-refractivity contribution is -0.147. The van der Waals surface area contributed by atoms with Crippen LogP contribution in [-0.2, 0) is 14.3 Å². The van der Waals surface area contributed by atoms with Gasteiger partial charge < -0.3 is 10.1 Å². The first-order valence-electron chi connectivity index (χ1n) is 10.3. The molecule has 1 N–H and O–H groups in total. The molecule has 1 amide bonds. The molecule has 1 aliphatic carbocycles. The number of hydrogen-bond acceptors (Lipinski definition) is 3. The predicted octanol–water partition coefficient (Wildman–Crippen LogP) is 4.82. The fourth-order valence-electron chi connectivity index (χ4n) is 3.81. The molecule has 1 saturated carbocycles. The van der Waals surface area contributed by atoms with Crippen LogP contribution in [0.2, 0.25) is 0 Å². The maximum Gasteiger partial charge on any atom is 0.306 e. The molecule has 0 saturated heterocycles. The Morgan fingerprint density at radius 3 is 2.56 bits per heavy atom. The highest BCUT2D eigenvalue weighted by atomic mass is 16.5. The van der Waals surface area contributed by atoms with Crippen LogP contribution in [0.5, 0.6) is 0 Å². The summed E-state index contributed by atoms with van der Waals surface area (Å²) in [6.45, 7) is 14.4. The van der Waals surface area contributed by atoms with Crippen molar-refractivity contribution in [1.29, 1.82) is 0 Å². The van der Waals surface area contributed by atoms with Gasteiger partial charge >= 0.3 is 5.97 Å². The summed E-state index contributed by atoms with van der Waals surface area (Å²) in [6.07, 6.45) is 10.3. The summed E-state index contributed by atoms with van der Waals surface area (Å²) >= 11 is 0. The predicted molar refractivity (Wildman–Crippen MR) is 111 cm³/mol. The number of ether oxygens (including phenoxy) is 1. The number of nitrogens with one attached hydrogen (secondary N) is 1. The first kappa shape index (κ1) is 23.2. The van der Waals surface area contributed by atoms with Crippen LogP contribution in [-0.4, -0.2) is 24.5 Å². The lowest BCUT2D eigenvalue weighted by Crippen LogP contribution is -2.43. The van der Waals surface area contributed by atoms with Crippen LogP contribution < -0.4 is 5.32 Å². The van der Waals surface area contributed by atoms with Crippen LogP contribution in [0.1, 0.15) is 60.3 Å². The first-order chi connectivity index (χ1) is 12.8. The highest BCUT2D eigenvalue weighted by Crippen LogP contribution is 2.38. The monoisotopic (exact) mass is 375 g/mol. The Morgan fingerprint density at radius 2 is 2.00 bits per heavy atom. The molecule has 4 heteroatoms. The van der Waals surface area contributed by atoms with E-state index in [1.165, 1.54) is 6.42 Å². The molecule has 0 aromatic carbocycles. The highest BCUT2D eigenvalue weighted by Gasteiger charge is 2.35. The van der Waals surface area contributed by atoms with E-state index in [4.69, 9.17) is 4.74 Å². The van der Waals surface area contributed by atoms with Crippen LogP contribution in [0.15, 0.2) is 36.5 Å². The lowest BCUT2D eigenvalue weighted by Gasteiger charge is -2.36. The van der Waals surface area contributed by atoms with Crippen LogP contribution in [0.3, 0.4) is 0 Å².